The van der Waals surface area contributed by atoms with Crippen LogP contribution in [0.3, 0.4) is 0 Å². The first-order valence-corrected chi connectivity index (χ1v) is 12.5. The summed E-state index contributed by atoms with van der Waals surface area (Å²) in [6.45, 7) is 14.8. The SMILES string of the molecule is C.C=CC1(C)CC=C(c2ccccc2)C=C1/C=C(\C)N/C(=C\C)c1ccnc(N2CCN(C)CC2)c1.[HH]. The summed E-state index contributed by atoms with van der Waals surface area (Å²) in [7, 11) is 2.18. The summed E-state index contributed by atoms with van der Waals surface area (Å²) in [5.41, 5.74) is 7.03. The molecule has 1 N–H and O–H groups in total. The van der Waals surface area contributed by atoms with Gasteiger partial charge in [-0.2, -0.15) is 0 Å². The van der Waals surface area contributed by atoms with Crippen molar-refractivity contribution < 1.29 is 1.43 Å². The second kappa shape index (κ2) is 12.0. The molecule has 4 rings (SSSR count). The number of piperazine rings is 1. The molecule has 4 nitrogen and oxygen atoms in total. The molecule has 1 saturated heterocycles. The molecule has 0 saturated carbocycles. The van der Waals surface area contributed by atoms with Gasteiger partial charge in [0, 0.05) is 56.2 Å². The molecule has 36 heavy (non-hydrogen) atoms. The summed E-state index contributed by atoms with van der Waals surface area (Å²) in [4.78, 5) is 9.39. The minimum absolute atomic E-state index is 0. The van der Waals surface area contributed by atoms with Gasteiger partial charge in [0.2, 0.25) is 0 Å². The predicted octanol–water partition coefficient (Wildman–Crippen LogP) is 7.18. The fourth-order valence-electron chi connectivity index (χ4n) is 4.66. The van der Waals surface area contributed by atoms with Gasteiger partial charge in [-0.1, -0.05) is 69.0 Å². The van der Waals surface area contributed by atoms with Crippen molar-refractivity contribution in [2.24, 2.45) is 5.41 Å². The van der Waals surface area contributed by atoms with Crippen LogP contribution in [0.1, 0.15) is 47.2 Å². The Morgan fingerprint density at radius 1 is 1.14 bits per heavy atom. The Balaban J connectivity index is 0.00000241. The van der Waals surface area contributed by atoms with Gasteiger partial charge in [-0.25, -0.2) is 4.98 Å². The van der Waals surface area contributed by atoms with Crippen molar-refractivity contribution in [3.63, 3.8) is 0 Å². The second-order valence-corrected chi connectivity index (χ2v) is 9.80. The zero-order chi connectivity index (χ0) is 24.8. The van der Waals surface area contributed by atoms with E-state index in [0.29, 0.717) is 0 Å². The molecule has 4 heteroatoms. The Bertz CT molecular complexity index is 1170. The van der Waals surface area contributed by atoms with Crippen LogP contribution in [0.4, 0.5) is 5.82 Å². The first-order chi connectivity index (χ1) is 16.9. The van der Waals surface area contributed by atoms with Crippen molar-refractivity contribution in [2.75, 3.05) is 38.1 Å². The lowest BCUT2D eigenvalue weighted by atomic mass is 9.74. The highest BCUT2D eigenvalue weighted by atomic mass is 15.3. The topological polar surface area (TPSA) is 31.4 Å². The van der Waals surface area contributed by atoms with E-state index in [1.54, 1.807) is 0 Å². The minimum atomic E-state index is -0.0947. The predicted molar refractivity (Wildman–Crippen MR) is 159 cm³/mol. The van der Waals surface area contributed by atoms with Gasteiger partial charge in [-0.3, -0.25) is 0 Å². The molecule has 1 unspecified atom stereocenters. The van der Waals surface area contributed by atoms with Crippen molar-refractivity contribution in [1.29, 1.82) is 0 Å². The van der Waals surface area contributed by atoms with Crippen LogP contribution in [-0.2, 0) is 0 Å². The standard InChI is InChI=1S/C31H38N4.CH4.H2/c1-6-29(27-14-16-32-30(23-27)35-19-17-34(5)18-20-35)33-24(3)21-28-22-26(13-15-31(28,4)7-2)25-11-9-8-10-12-25;;/h6-14,16,21-23,33H,2,15,17-20H2,1,3-5H3;1H4;1H/b24-21+,29-6-;;. The molecule has 1 atom stereocenters. The number of rotatable bonds is 7. The molecule has 2 aliphatic rings. The number of pyridine rings is 1. The number of nitrogens with one attached hydrogen (secondary N) is 1. The highest BCUT2D eigenvalue weighted by molar-refractivity contribution is 5.77. The Kier molecular flexibility index (Phi) is 9.11. The third kappa shape index (κ3) is 6.24. The average molecular weight is 485 g/mol. The van der Waals surface area contributed by atoms with Gasteiger partial charge in [0.05, 0.1) is 0 Å². The number of anilines is 1. The van der Waals surface area contributed by atoms with Gasteiger partial charge >= 0.3 is 0 Å². The summed E-state index contributed by atoms with van der Waals surface area (Å²) in [5.74, 6) is 1.05. The van der Waals surface area contributed by atoms with Crippen LogP contribution in [0.2, 0.25) is 0 Å². The summed E-state index contributed by atoms with van der Waals surface area (Å²) < 4.78 is 0. The first kappa shape index (κ1) is 27.2. The van der Waals surface area contributed by atoms with Crippen LogP contribution in [-0.4, -0.2) is 43.1 Å². The van der Waals surface area contributed by atoms with Gasteiger partial charge in [0.15, 0.2) is 0 Å². The fourth-order valence-corrected chi connectivity index (χ4v) is 4.66. The van der Waals surface area contributed by atoms with Gasteiger partial charge in [0.25, 0.3) is 0 Å². The van der Waals surface area contributed by atoms with E-state index in [2.05, 4.69) is 127 Å². The number of likely N-dealkylation sites (N-methyl/N-ethyl adjacent to an activating group) is 1. The monoisotopic (exact) mass is 484 g/mol. The summed E-state index contributed by atoms with van der Waals surface area (Å²) in [6.07, 6.45) is 14.0. The summed E-state index contributed by atoms with van der Waals surface area (Å²) in [6, 6.07) is 14.9. The van der Waals surface area contributed by atoms with Gasteiger partial charge in [0.1, 0.15) is 5.82 Å². The number of benzene rings is 1. The molecule has 1 aliphatic heterocycles. The van der Waals surface area contributed by atoms with Gasteiger partial charge < -0.3 is 15.1 Å². The van der Waals surface area contributed by atoms with Gasteiger partial charge in [-0.05, 0) is 62.2 Å². The zero-order valence-electron chi connectivity index (χ0n) is 21.6. The highest BCUT2D eigenvalue weighted by Crippen LogP contribution is 2.40. The zero-order valence-corrected chi connectivity index (χ0v) is 21.6. The quantitative estimate of drug-likeness (QED) is 0.422. The van der Waals surface area contributed by atoms with E-state index in [1.165, 1.54) is 16.7 Å². The number of hydrogen-bond acceptors (Lipinski definition) is 4. The number of nitrogens with zero attached hydrogens (tertiary/aromatic N) is 3. The van der Waals surface area contributed by atoms with E-state index in [9.17, 15) is 0 Å². The van der Waals surface area contributed by atoms with Crippen LogP contribution in [0, 0.1) is 5.41 Å². The van der Waals surface area contributed by atoms with Crippen LogP contribution < -0.4 is 10.2 Å². The molecule has 1 aromatic heterocycles. The fraction of sp³-hybridized carbons (Fsp3) is 0.344. The third-order valence-corrected chi connectivity index (χ3v) is 7.15. The number of aromatic nitrogens is 1. The number of allylic oxidation sites excluding steroid dienone is 8. The molecule has 1 fully saturated rings. The van der Waals surface area contributed by atoms with E-state index >= 15 is 0 Å². The molecule has 192 valence electrons. The maximum atomic E-state index is 4.66. The van der Waals surface area contributed by atoms with Crippen molar-refractivity contribution >= 4 is 17.1 Å². The van der Waals surface area contributed by atoms with Crippen LogP contribution in [0.15, 0.2) is 96.9 Å². The Morgan fingerprint density at radius 2 is 1.86 bits per heavy atom. The largest absolute Gasteiger partial charge is 0.359 e. The van der Waals surface area contributed by atoms with E-state index in [1.807, 2.05) is 6.20 Å². The summed E-state index contributed by atoms with van der Waals surface area (Å²) in [5, 5.41) is 3.66. The highest BCUT2D eigenvalue weighted by Gasteiger charge is 2.27. The smallest absolute Gasteiger partial charge is 0.129 e. The van der Waals surface area contributed by atoms with Crippen molar-refractivity contribution in [1.82, 2.24) is 15.2 Å². The van der Waals surface area contributed by atoms with Gasteiger partial charge in [-0.15, -0.1) is 6.58 Å². The van der Waals surface area contributed by atoms with Crippen molar-refractivity contribution in [3.05, 3.63) is 108 Å². The second-order valence-electron chi connectivity index (χ2n) is 9.80. The van der Waals surface area contributed by atoms with Crippen LogP contribution >= 0.6 is 0 Å². The first-order valence-electron chi connectivity index (χ1n) is 12.5. The molecule has 2 heterocycles. The van der Waals surface area contributed by atoms with E-state index < -0.39 is 0 Å². The molecule has 0 amide bonds. The lowest BCUT2D eigenvalue weighted by Crippen LogP contribution is -2.44. The molecule has 1 aromatic carbocycles. The van der Waals surface area contributed by atoms with Crippen molar-refractivity contribution in [3.8, 4) is 0 Å². The van der Waals surface area contributed by atoms with E-state index in [4.69, 9.17) is 0 Å². The van der Waals surface area contributed by atoms with E-state index in [-0.39, 0.29) is 14.3 Å². The molecule has 0 radical (unpaired) electrons. The molecule has 0 spiro atoms. The molecule has 2 aromatic rings. The molecule has 1 aliphatic carbocycles. The number of hydrogen-bond donors (Lipinski definition) is 1. The average Bonchev–Trinajstić information content (AvgIpc) is 2.89. The Morgan fingerprint density at radius 3 is 2.53 bits per heavy atom. The van der Waals surface area contributed by atoms with Crippen LogP contribution in [0.5, 0.6) is 0 Å². The Labute approximate surface area is 219 Å². The van der Waals surface area contributed by atoms with E-state index in [0.717, 1.165) is 55.4 Å². The third-order valence-electron chi connectivity index (χ3n) is 7.15. The minimum Gasteiger partial charge on any atom is -0.359 e. The molecular formula is C32H44N4. The molecular weight excluding hydrogens is 440 g/mol. The molecule has 0 bridgehead atoms. The maximum Gasteiger partial charge on any atom is 0.129 e. The maximum absolute atomic E-state index is 4.66. The van der Waals surface area contributed by atoms with Crippen LogP contribution in [0.25, 0.3) is 11.3 Å². The Hall–Kier alpha value is -3.37. The lowest BCUT2D eigenvalue weighted by molar-refractivity contribution is 0.312. The summed E-state index contributed by atoms with van der Waals surface area (Å²) >= 11 is 0. The van der Waals surface area contributed by atoms with Crippen molar-refractivity contribution in [2.45, 2.75) is 34.6 Å². The lowest BCUT2D eigenvalue weighted by Gasteiger charge is -2.33. The normalized spacial score (nSPS) is 21.3.